The summed E-state index contributed by atoms with van der Waals surface area (Å²) in [6.45, 7) is 4.13. The van der Waals surface area contributed by atoms with Crippen molar-refractivity contribution in [1.29, 1.82) is 0 Å². The highest BCUT2D eigenvalue weighted by Gasteiger charge is 2.26. The number of urea groups is 1. The molecule has 0 bridgehead atoms. The van der Waals surface area contributed by atoms with Crippen LogP contribution in [-0.4, -0.2) is 6.03 Å². The van der Waals surface area contributed by atoms with Gasteiger partial charge in [-0.25, -0.2) is 4.79 Å². The summed E-state index contributed by atoms with van der Waals surface area (Å²) in [5.74, 6) is 0. The molecule has 2 aromatic rings. The summed E-state index contributed by atoms with van der Waals surface area (Å²) in [5, 5.41) is 5.86. The van der Waals surface area contributed by atoms with Gasteiger partial charge in [-0.2, -0.15) is 0 Å². The van der Waals surface area contributed by atoms with Gasteiger partial charge < -0.3 is 10.6 Å². The van der Waals surface area contributed by atoms with Gasteiger partial charge in [-0.15, -0.1) is 0 Å². The van der Waals surface area contributed by atoms with Gasteiger partial charge in [0.1, 0.15) is 0 Å². The van der Waals surface area contributed by atoms with Crippen molar-refractivity contribution in [3.05, 3.63) is 64.7 Å². The van der Waals surface area contributed by atoms with Gasteiger partial charge in [-0.3, -0.25) is 0 Å². The average Bonchev–Trinajstić information content (AvgIpc) is 2.39. The first kappa shape index (κ1) is 11.8. The Kier molecular flexibility index (Phi) is 2.75. The Morgan fingerprint density at radius 1 is 1.00 bits per heavy atom. The molecular weight excluding hydrogens is 236 g/mol. The van der Waals surface area contributed by atoms with Crippen molar-refractivity contribution < 1.29 is 4.79 Å². The summed E-state index contributed by atoms with van der Waals surface area (Å²) in [7, 11) is 0. The lowest BCUT2D eigenvalue weighted by molar-refractivity contribution is 0.249. The zero-order valence-corrected chi connectivity index (χ0v) is 11.0. The lowest BCUT2D eigenvalue weighted by atomic mass is 9.92. The lowest BCUT2D eigenvalue weighted by Crippen LogP contribution is -2.38. The third-order valence-corrected chi connectivity index (χ3v) is 3.54. The minimum atomic E-state index is -0.149. The van der Waals surface area contributed by atoms with Crippen LogP contribution in [0.4, 0.5) is 10.5 Å². The minimum Gasteiger partial charge on any atom is -0.327 e. The second kappa shape index (κ2) is 4.43. The third kappa shape index (κ3) is 2.08. The summed E-state index contributed by atoms with van der Waals surface area (Å²) in [6, 6.07) is 14.0. The molecule has 0 radical (unpaired) electrons. The van der Waals surface area contributed by atoms with Crippen LogP contribution in [0.1, 0.15) is 28.3 Å². The molecule has 1 atom stereocenters. The van der Waals surface area contributed by atoms with Gasteiger partial charge >= 0.3 is 6.03 Å². The highest BCUT2D eigenvalue weighted by Crippen LogP contribution is 2.33. The third-order valence-electron chi connectivity index (χ3n) is 3.54. The molecule has 3 rings (SSSR count). The van der Waals surface area contributed by atoms with E-state index in [-0.39, 0.29) is 12.1 Å². The van der Waals surface area contributed by atoms with Crippen molar-refractivity contribution in [1.82, 2.24) is 5.32 Å². The SMILES string of the molecule is Cc1ccc2c(c1)C(c1ccccc1C)NC(=O)N2. The Balaban J connectivity index is 2.16. The molecule has 3 heteroatoms. The highest BCUT2D eigenvalue weighted by atomic mass is 16.2. The predicted molar refractivity (Wildman–Crippen MR) is 76.4 cm³/mol. The molecule has 3 nitrogen and oxygen atoms in total. The Labute approximate surface area is 112 Å². The number of fused-ring (bicyclic) bond motifs is 1. The van der Waals surface area contributed by atoms with E-state index in [4.69, 9.17) is 0 Å². The fourth-order valence-electron chi connectivity index (χ4n) is 2.56. The van der Waals surface area contributed by atoms with E-state index >= 15 is 0 Å². The summed E-state index contributed by atoms with van der Waals surface area (Å²) >= 11 is 0. The van der Waals surface area contributed by atoms with Crippen LogP contribution in [-0.2, 0) is 0 Å². The van der Waals surface area contributed by atoms with Crippen molar-refractivity contribution in [3.8, 4) is 0 Å². The Bertz CT molecular complexity index is 649. The average molecular weight is 252 g/mol. The molecule has 0 fully saturated rings. The topological polar surface area (TPSA) is 41.1 Å². The number of benzene rings is 2. The first-order valence-corrected chi connectivity index (χ1v) is 6.39. The molecule has 96 valence electrons. The minimum absolute atomic E-state index is 0.0788. The van der Waals surface area contributed by atoms with E-state index in [1.807, 2.05) is 24.3 Å². The molecule has 1 heterocycles. The largest absolute Gasteiger partial charge is 0.327 e. The van der Waals surface area contributed by atoms with Crippen LogP contribution in [0.15, 0.2) is 42.5 Å². The zero-order chi connectivity index (χ0) is 13.4. The number of hydrogen-bond donors (Lipinski definition) is 2. The van der Waals surface area contributed by atoms with E-state index in [9.17, 15) is 4.79 Å². The first-order chi connectivity index (χ1) is 9.15. The lowest BCUT2D eigenvalue weighted by Gasteiger charge is -2.29. The summed E-state index contributed by atoms with van der Waals surface area (Å²) in [6.07, 6.45) is 0. The number of amides is 2. The quantitative estimate of drug-likeness (QED) is 0.801. The zero-order valence-electron chi connectivity index (χ0n) is 11.0. The number of aryl methyl sites for hydroxylation is 2. The standard InChI is InChI=1S/C16H16N2O/c1-10-7-8-14-13(9-10)15(18-16(19)17-14)12-6-4-3-5-11(12)2/h3-9,15H,1-2H3,(H2,17,18,19). The van der Waals surface area contributed by atoms with Crippen LogP contribution >= 0.6 is 0 Å². The van der Waals surface area contributed by atoms with Gasteiger partial charge in [0.15, 0.2) is 0 Å². The highest BCUT2D eigenvalue weighted by molar-refractivity contribution is 5.93. The van der Waals surface area contributed by atoms with Crippen molar-refractivity contribution in [2.24, 2.45) is 0 Å². The van der Waals surface area contributed by atoms with Gasteiger partial charge in [0.2, 0.25) is 0 Å². The second-order valence-corrected chi connectivity index (χ2v) is 4.98. The van der Waals surface area contributed by atoms with Crippen LogP contribution < -0.4 is 10.6 Å². The number of carbonyl (C=O) groups excluding carboxylic acids is 1. The summed E-state index contributed by atoms with van der Waals surface area (Å²) < 4.78 is 0. The van der Waals surface area contributed by atoms with Gasteiger partial charge in [0.05, 0.1) is 6.04 Å². The Hall–Kier alpha value is -2.29. The molecule has 1 unspecified atom stereocenters. The van der Waals surface area contributed by atoms with Crippen molar-refractivity contribution >= 4 is 11.7 Å². The maximum absolute atomic E-state index is 11.8. The fraction of sp³-hybridized carbons (Fsp3) is 0.188. The van der Waals surface area contributed by atoms with Crippen LogP contribution in [0.2, 0.25) is 0 Å². The second-order valence-electron chi connectivity index (χ2n) is 4.98. The molecule has 0 aromatic heterocycles. The van der Waals surface area contributed by atoms with Gasteiger partial charge in [-0.1, -0.05) is 42.0 Å². The van der Waals surface area contributed by atoms with E-state index in [1.54, 1.807) is 0 Å². The molecule has 1 aliphatic heterocycles. The summed E-state index contributed by atoms with van der Waals surface area (Å²) in [4.78, 5) is 11.8. The van der Waals surface area contributed by atoms with Gasteiger partial charge in [0, 0.05) is 11.3 Å². The summed E-state index contributed by atoms with van der Waals surface area (Å²) in [5.41, 5.74) is 5.53. The van der Waals surface area contributed by atoms with E-state index in [0.29, 0.717) is 0 Å². The smallest absolute Gasteiger partial charge is 0.320 e. The number of rotatable bonds is 1. The van der Waals surface area contributed by atoms with Crippen LogP contribution in [0.5, 0.6) is 0 Å². The molecule has 0 aliphatic carbocycles. The van der Waals surface area contributed by atoms with Crippen LogP contribution in [0.25, 0.3) is 0 Å². The van der Waals surface area contributed by atoms with Gasteiger partial charge in [0.25, 0.3) is 0 Å². The van der Waals surface area contributed by atoms with Crippen molar-refractivity contribution in [3.63, 3.8) is 0 Å². The Morgan fingerprint density at radius 3 is 2.58 bits per heavy atom. The van der Waals surface area contributed by atoms with Crippen LogP contribution in [0.3, 0.4) is 0 Å². The normalized spacial score (nSPS) is 17.4. The predicted octanol–water partition coefficient (Wildman–Crippen LogP) is 3.53. The van der Waals surface area contributed by atoms with E-state index in [1.165, 1.54) is 11.1 Å². The molecule has 2 amide bonds. The number of carbonyl (C=O) groups is 1. The van der Waals surface area contributed by atoms with E-state index in [0.717, 1.165) is 16.8 Å². The molecule has 0 saturated heterocycles. The van der Waals surface area contributed by atoms with Gasteiger partial charge in [-0.05, 0) is 31.0 Å². The van der Waals surface area contributed by atoms with E-state index < -0.39 is 0 Å². The maximum Gasteiger partial charge on any atom is 0.320 e. The molecule has 0 saturated carbocycles. The first-order valence-electron chi connectivity index (χ1n) is 6.39. The molecule has 0 spiro atoms. The van der Waals surface area contributed by atoms with Crippen molar-refractivity contribution in [2.45, 2.75) is 19.9 Å². The maximum atomic E-state index is 11.8. The fourth-order valence-corrected chi connectivity index (χ4v) is 2.56. The molecule has 2 aromatic carbocycles. The van der Waals surface area contributed by atoms with E-state index in [2.05, 4.69) is 42.7 Å². The molecule has 2 N–H and O–H groups in total. The number of nitrogens with one attached hydrogen (secondary N) is 2. The van der Waals surface area contributed by atoms with Crippen LogP contribution in [0, 0.1) is 13.8 Å². The monoisotopic (exact) mass is 252 g/mol. The molecular formula is C16H16N2O. The Morgan fingerprint density at radius 2 is 1.79 bits per heavy atom. The number of anilines is 1. The van der Waals surface area contributed by atoms with Crippen molar-refractivity contribution in [2.75, 3.05) is 5.32 Å². The number of hydrogen-bond acceptors (Lipinski definition) is 1. The molecule has 19 heavy (non-hydrogen) atoms. The molecule has 1 aliphatic rings.